The lowest BCUT2D eigenvalue weighted by atomic mass is 10.2. The van der Waals surface area contributed by atoms with E-state index in [9.17, 15) is 13.2 Å². The number of nitrogens with one attached hydrogen (secondary N) is 1. The van der Waals surface area contributed by atoms with Gasteiger partial charge < -0.3 is 11.1 Å². The average Bonchev–Trinajstić information content (AvgIpc) is 2.66. The minimum absolute atomic E-state index is 0.0973. The van der Waals surface area contributed by atoms with Crippen LogP contribution < -0.4 is 11.1 Å². The highest BCUT2D eigenvalue weighted by molar-refractivity contribution is 7.92. The second-order valence-electron chi connectivity index (χ2n) is 4.75. The summed E-state index contributed by atoms with van der Waals surface area (Å²) < 4.78 is 25.1. The molecule has 1 amide bonds. The van der Waals surface area contributed by atoms with Crippen LogP contribution in [0.1, 0.15) is 24.8 Å². The number of rotatable bonds is 3. The number of nitrogens with zero attached hydrogens (tertiary/aromatic N) is 2. The summed E-state index contributed by atoms with van der Waals surface area (Å²) in [7, 11) is -1.60. The number of amides is 1. The number of hydrogen-bond acceptors (Lipinski definition) is 5. The summed E-state index contributed by atoms with van der Waals surface area (Å²) in [6.07, 6.45) is 3.37. The molecular weight excluding hydrogens is 268 g/mol. The maximum atomic E-state index is 11.9. The van der Waals surface area contributed by atoms with Gasteiger partial charge in [-0.15, -0.1) is 0 Å². The number of sulfone groups is 1. The van der Waals surface area contributed by atoms with Crippen molar-refractivity contribution in [1.29, 1.82) is 0 Å². The van der Waals surface area contributed by atoms with E-state index >= 15 is 0 Å². The Morgan fingerprint density at radius 1 is 1.58 bits per heavy atom. The summed E-state index contributed by atoms with van der Waals surface area (Å²) >= 11 is 0. The van der Waals surface area contributed by atoms with Crippen molar-refractivity contribution < 1.29 is 13.2 Å². The molecule has 1 aliphatic heterocycles. The van der Waals surface area contributed by atoms with Crippen LogP contribution in [0.4, 0.5) is 5.82 Å². The molecule has 1 saturated heterocycles. The van der Waals surface area contributed by atoms with Gasteiger partial charge in [-0.2, -0.15) is 5.10 Å². The van der Waals surface area contributed by atoms with Crippen LogP contribution in [0.25, 0.3) is 0 Å². The van der Waals surface area contributed by atoms with Crippen LogP contribution in [-0.4, -0.2) is 35.1 Å². The van der Waals surface area contributed by atoms with Crippen LogP contribution in [0.2, 0.25) is 0 Å². The highest BCUT2D eigenvalue weighted by Crippen LogP contribution is 2.20. The largest absolute Gasteiger partial charge is 0.384 e. The minimum Gasteiger partial charge on any atom is -0.384 e. The normalized spacial score (nSPS) is 22.1. The summed E-state index contributed by atoms with van der Waals surface area (Å²) in [5.74, 6) is 0.120. The number of anilines is 1. The Morgan fingerprint density at radius 3 is 2.89 bits per heavy atom. The molecule has 3 N–H and O–H groups in total. The first kappa shape index (κ1) is 13.9. The molecule has 0 aromatic carbocycles. The molecule has 1 fully saturated rings. The zero-order valence-electron chi connectivity index (χ0n) is 10.8. The van der Waals surface area contributed by atoms with Crippen LogP contribution in [0, 0.1) is 0 Å². The fourth-order valence-corrected chi connectivity index (χ4v) is 4.00. The van der Waals surface area contributed by atoms with Crippen molar-refractivity contribution in [2.24, 2.45) is 7.05 Å². The van der Waals surface area contributed by atoms with Gasteiger partial charge in [-0.05, 0) is 12.8 Å². The van der Waals surface area contributed by atoms with E-state index < -0.39 is 21.0 Å². The Kier molecular flexibility index (Phi) is 3.79. The molecular formula is C11H18N4O3S. The molecule has 0 spiro atoms. The van der Waals surface area contributed by atoms with Gasteiger partial charge in [-0.3, -0.25) is 9.48 Å². The third-order valence-corrected chi connectivity index (χ3v) is 5.56. The van der Waals surface area contributed by atoms with E-state index in [0.717, 1.165) is 6.42 Å². The number of aryl methyl sites for hydroxylation is 1. The molecule has 1 aromatic rings. The van der Waals surface area contributed by atoms with Gasteiger partial charge in [0.25, 0.3) is 0 Å². The summed E-state index contributed by atoms with van der Waals surface area (Å²) in [6.45, 7) is 0.199. The Labute approximate surface area is 112 Å². The van der Waals surface area contributed by atoms with Crippen LogP contribution in [0.15, 0.2) is 6.20 Å². The van der Waals surface area contributed by atoms with E-state index in [2.05, 4.69) is 10.4 Å². The number of hydrogen-bond donors (Lipinski definition) is 2. The van der Waals surface area contributed by atoms with Gasteiger partial charge in [0.15, 0.2) is 9.84 Å². The molecule has 2 rings (SSSR count). The first-order valence-corrected chi connectivity index (χ1v) is 7.89. The highest BCUT2D eigenvalue weighted by atomic mass is 32.2. The van der Waals surface area contributed by atoms with Crippen molar-refractivity contribution in [3.05, 3.63) is 11.8 Å². The summed E-state index contributed by atoms with van der Waals surface area (Å²) in [4.78, 5) is 11.9. The molecule has 2 heterocycles. The number of nitrogen functional groups attached to an aromatic ring is 1. The monoisotopic (exact) mass is 286 g/mol. The Morgan fingerprint density at radius 2 is 2.32 bits per heavy atom. The van der Waals surface area contributed by atoms with Gasteiger partial charge in [0.2, 0.25) is 5.91 Å². The van der Waals surface area contributed by atoms with Gasteiger partial charge in [0.1, 0.15) is 11.1 Å². The highest BCUT2D eigenvalue weighted by Gasteiger charge is 2.34. The third-order valence-electron chi connectivity index (χ3n) is 3.39. The summed E-state index contributed by atoms with van der Waals surface area (Å²) in [6, 6.07) is 0. The van der Waals surface area contributed by atoms with Crippen molar-refractivity contribution in [3.63, 3.8) is 0 Å². The summed E-state index contributed by atoms with van der Waals surface area (Å²) in [5.41, 5.74) is 6.44. The molecule has 1 atom stereocenters. The SMILES string of the molecule is Cn1ncc(CNC(=O)C2CCCCS2(=O)=O)c1N. The fraction of sp³-hybridized carbons (Fsp3) is 0.636. The molecule has 0 saturated carbocycles. The Hall–Kier alpha value is -1.57. The van der Waals surface area contributed by atoms with Crippen molar-refractivity contribution in [2.75, 3.05) is 11.5 Å². The molecule has 8 heteroatoms. The van der Waals surface area contributed by atoms with Crippen LogP contribution in [-0.2, 0) is 28.2 Å². The van der Waals surface area contributed by atoms with Crippen LogP contribution in [0.5, 0.6) is 0 Å². The third kappa shape index (κ3) is 2.89. The summed E-state index contributed by atoms with van der Waals surface area (Å²) in [5, 5.41) is 5.67. The van der Waals surface area contributed by atoms with E-state index in [1.165, 1.54) is 4.68 Å². The number of aromatic nitrogens is 2. The first-order chi connectivity index (χ1) is 8.92. The smallest absolute Gasteiger partial charge is 0.238 e. The Balaban J connectivity index is 2.00. The van der Waals surface area contributed by atoms with E-state index in [4.69, 9.17) is 5.73 Å². The topological polar surface area (TPSA) is 107 Å². The van der Waals surface area contributed by atoms with E-state index in [0.29, 0.717) is 24.2 Å². The lowest BCUT2D eigenvalue weighted by Gasteiger charge is -2.21. The number of nitrogens with two attached hydrogens (primary N) is 1. The van der Waals surface area contributed by atoms with E-state index in [-0.39, 0.29) is 12.3 Å². The molecule has 7 nitrogen and oxygen atoms in total. The second-order valence-corrected chi connectivity index (χ2v) is 7.05. The van der Waals surface area contributed by atoms with Crippen molar-refractivity contribution in [3.8, 4) is 0 Å². The molecule has 0 bridgehead atoms. The fourth-order valence-electron chi connectivity index (χ4n) is 2.17. The number of carbonyl (C=O) groups is 1. The zero-order chi connectivity index (χ0) is 14.0. The van der Waals surface area contributed by atoms with E-state index in [1.54, 1.807) is 13.2 Å². The molecule has 1 aliphatic rings. The van der Waals surface area contributed by atoms with Gasteiger partial charge in [-0.25, -0.2) is 8.42 Å². The van der Waals surface area contributed by atoms with Crippen molar-refractivity contribution in [2.45, 2.75) is 31.1 Å². The molecule has 1 unspecified atom stereocenters. The van der Waals surface area contributed by atoms with Gasteiger partial charge in [-0.1, -0.05) is 6.42 Å². The van der Waals surface area contributed by atoms with Crippen LogP contribution >= 0.6 is 0 Å². The zero-order valence-corrected chi connectivity index (χ0v) is 11.6. The first-order valence-electron chi connectivity index (χ1n) is 6.17. The predicted octanol–water partition coefficient (Wildman–Crippen LogP) is -0.414. The van der Waals surface area contributed by atoms with Crippen molar-refractivity contribution >= 4 is 21.6 Å². The maximum Gasteiger partial charge on any atom is 0.238 e. The molecule has 19 heavy (non-hydrogen) atoms. The number of carbonyl (C=O) groups excluding carboxylic acids is 1. The lowest BCUT2D eigenvalue weighted by Crippen LogP contribution is -2.42. The molecule has 0 aliphatic carbocycles. The second kappa shape index (κ2) is 5.20. The molecule has 106 valence electrons. The van der Waals surface area contributed by atoms with Crippen LogP contribution in [0.3, 0.4) is 0 Å². The predicted molar refractivity (Wildman–Crippen MR) is 70.9 cm³/mol. The average molecular weight is 286 g/mol. The quantitative estimate of drug-likeness (QED) is 0.785. The molecule has 0 radical (unpaired) electrons. The Bertz CT molecular complexity index is 579. The standard InChI is InChI=1S/C11H18N4O3S/c1-15-10(12)8(7-14-15)6-13-11(16)9-4-2-3-5-19(9,17)18/h7,9H,2-6,12H2,1H3,(H,13,16). The van der Waals surface area contributed by atoms with Crippen molar-refractivity contribution in [1.82, 2.24) is 15.1 Å². The van der Waals surface area contributed by atoms with Gasteiger partial charge in [0.05, 0.1) is 11.9 Å². The maximum absolute atomic E-state index is 11.9. The lowest BCUT2D eigenvalue weighted by molar-refractivity contribution is -0.121. The molecule has 1 aromatic heterocycles. The van der Waals surface area contributed by atoms with Gasteiger partial charge >= 0.3 is 0 Å². The minimum atomic E-state index is -3.30. The van der Waals surface area contributed by atoms with E-state index in [1.807, 2.05) is 0 Å². The van der Waals surface area contributed by atoms with Gasteiger partial charge in [0, 0.05) is 19.2 Å².